The average Bonchev–Trinajstić information content (AvgIpc) is 2.86. The molecule has 0 unspecified atom stereocenters. The summed E-state index contributed by atoms with van der Waals surface area (Å²) < 4.78 is 1.67. The number of anilines is 1. The second-order valence-corrected chi connectivity index (χ2v) is 6.26. The van der Waals surface area contributed by atoms with Gasteiger partial charge in [0, 0.05) is 37.7 Å². The summed E-state index contributed by atoms with van der Waals surface area (Å²) in [5.41, 5.74) is 1.89. The molecule has 25 heavy (non-hydrogen) atoms. The third-order valence-corrected chi connectivity index (χ3v) is 4.48. The number of nitro benzene ring substituents is 1. The van der Waals surface area contributed by atoms with Crippen LogP contribution in [0.15, 0.2) is 30.3 Å². The zero-order valence-electron chi connectivity index (χ0n) is 14.1. The van der Waals surface area contributed by atoms with Gasteiger partial charge in [-0.15, -0.1) is 0 Å². The van der Waals surface area contributed by atoms with Crippen molar-refractivity contribution in [3.63, 3.8) is 0 Å². The number of urea groups is 1. The van der Waals surface area contributed by atoms with Crippen LogP contribution in [0.4, 0.5) is 16.3 Å². The molecule has 3 rings (SSSR count). The van der Waals surface area contributed by atoms with E-state index in [1.54, 1.807) is 23.9 Å². The van der Waals surface area contributed by atoms with Crippen molar-refractivity contribution in [1.29, 1.82) is 0 Å². The van der Waals surface area contributed by atoms with Gasteiger partial charge in [0.05, 0.1) is 10.6 Å². The first kappa shape index (κ1) is 16.9. The van der Waals surface area contributed by atoms with E-state index < -0.39 is 4.92 Å². The summed E-state index contributed by atoms with van der Waals surface area (Å²) in [4.78, 5) is 22.4. The van der Waals surface area contributed by atoms with E-state index in [1.807, 2.05) is 6.07 Å². The molecule has 0 bridgehead atoms. The number of nitro groups is 1. The Morgan fingerprint density at radius 2 is 2.20 bits per heavy atom. The van der Waals surface area contributed by atoms with Crippen LogP contribution in [-0.2, 0) is 13.5 Å². The summed E-state index contributed by atoms with van der Waals surface area (Å²) in [7, 11) is 1.81. The van der Waals surface area contributed by atoms with Crippen molar-refractivity contribution in [2.24, 2.45) is 7.05 Å². The molecule has 1 heterocycles. The SMILES string of the molecule is Cn1nc(C2CCC2)cc1NC(=O)NCCc1cccc([N+](=O)[O-])c1. The van der Waals surface area contributed by atoms with Gasteiger partial charge >= 0.3 is 6.03 Å². The van der Waals surface area contributed by atoms with Crippen LogP contribution in [0.2, 0.25) is 0 Å². The number of aromatic nitrogens is 2. The molecule has 0 spiro atoms. The lowest BCUT2D eigenvalue weighted by molar-refractivity contribution is -0.384. The van der Waals surface area contributed by atoms with Gasteiger partial charge in [-0.3, -0.25) is 20.1 Å². The summed E-state index contributed by atoms with van der Waals surface area (Å²) in [6, 6.07) is 8.03. The summed E-state index contributed by atoms with van der Waals surface area (Å²) in [6.45, 7) is 0.389. The Bertz CT molecular complexity index is 782. The van der Waals surface area contributed by atoms with Gasteiger partial charge in [-0.2, -0.15) is 5.10 Å². The van der Waals surface area contributed by atoms with Gasteiger partial charge < -0.3 is 5.32 Å². The number of carbonyl (C=O) groups excluding carboxylic acids is 1. The number of aryl methyl sites for hydroxylation is 1. The molecule has 1 aliphatic carbocycles. The van der Waals surface area contributed by atoms with Crippen molar-refractivity contribution in [2.45, 2.75) is 31.6 Å². The number of hydrogen-bond acceptors (Lipinski definition) is 4. The molecule has 8 heteroatoms. The molecule has 1 fully saturated rings. The minimum absolute atomic E-state index is 0.0559. The van der Waals surface area contributed by atoms with Crippen LogP contribution in [0.3, 0.4) is 0 Å². The maximum atomic E-state index is 12.0. The van der Waals surface area contributed by atoms with Crippen molar-refractivity contribution in [3.05, 3.63) is 51.7 Å². The number of carbonyl (C=O) groups is 1. The summed E-state index contributed by atoms with van der Waals surface area (Å²) in [5, 5.41) is 20.8. The topological polar surface area (TPSA) is 102 Å². The van der Waals surface area contributed by atoms with Crippen LogP contribution in [0, 0.1) is 10.1 Å². The summed E-state index contributed by atoms with van der Waals surface area (Å²) in [5.74, 6) is 1.17. The number of amides is 2. The molecule has 1 aromatic carbocycles. The molecule has 0 radical (unpaired) electrons. The molecule has 1 aliphatic rings. The highest BCUT2D eigenvalue weighted by atomic mass is 16.6. The van der Waals surface area contributed by atoms with E-state index in [4.69, 9.17) is 0 Å². The normalized spacial score (nSPS) is 14.0. The molecular weight excluding hydrogens is 322 g/mol. The molecule has 8 nitrogen and oxygen atoms in total. The van der Waals surface area contributed by atoms with E-state index in [9.17, 15) is 14.9 Å². The molecule has 1 aromatic heterocycles. The Morgan fingerprint density at radius 3 is 2.88 bits per heavy atom. The van der Waals surface area contributed by atoms with Crippen molar-refractivity contribution >= 4 is 17.5 Å². The fraction of sp³-hybridized carbons (Fsp3) is 0.412. The Morgan fingerprint density at radius 1 is 1.40 bits per heavy atom. The second kappa shape index (κ2) is 7.33. The molecule has 0 saturated heterocycles. The standard InChI is InChI=1S/C17H21N5O3/c1-21-16(11-15(20-21)13-5-3-6-13)19-17(23)18-9-8-12-4-2-7-14(10-12)22(24)25/h2,4,7,10-11,13H,3,5-6,8-9H2,1H3,(H2,18,19,23). The fourth-order valence-corrected chi connectivity index (χ4v) is 2.82. The van der Waals surface area contributed by atoms with Crippen LogP contribution in [0.1, 0.15) is 36.4 Å². The van der Waals surface area contributed by atoms with Crippen LogP contribution >= 0.6 is 0 Å². The van der Waals surface area contributed by atoms with Gasteiger partial charge in [-0.1, -0.05) is 18.6 Å². The van der Waals surface area contributed by atoms with Crippen molar-refractivity contribution in [3.8, 4) is 0 Å². The molecule has 1 saturated carbocycles. The number of hydrogen-bond donors (Lipinski definition) is 2. The number of benzene rings is 1. The number of rotatable bonds is 6. The number of non-ortho nitro benzene ring substituents is 1. The van der Waals surface area contributed by atoms with Crippen molar-refractivity contribution < 1.29 is 9.72 Å². The summed E-state index contributed by atoms with van der Waals surface area (Å²) in [6.07, 6.45) is 4.08. The Hall–Kier alpha value is -2.90. The minimum Gasteiger partial charge on any atom is -0.337 e. The first-order valence-electron chi connectivity index (χ1n) is 8.35. The van der Waals surface area contributed by atoms with E-state index in [0.29, 0.717) is 24.7 Å². The van der Waals surface area contributed by atoms with E-state index in [1.165, 1.54) is 18.6 Å². The van der Waals surface area contributed by atoms with Crippen LogP contribution < -0.4 is 10.6 Å². The van der Waals surface area contributed by atoms with E-state index in [-0.39, 0.29) is 11.7 Å². The molecular formula is C17H21N5O3. The van der Waals surface area contributed by atoms with Crippen LogP contribution in [-0.4, -0.2) is 27.3 Å². The molecule has 2 aromatic rings. The first-order valence-corrected chi connectivity index (χ1v) is 8.35. The summed E-state index contributed by atoms with van der Waals surface area (Å²) >= 11 is 0. The van der Waals surface area contributed by atoms with Crippen molar-refractivity contribution in [2.75, 3.05) is 11.9 Å². The quantitative estimate of drug-likeness (QED) is 0.622. The van der Waals surface area contributed by atoms with Crippen LogP contribution in [0.25, 0.3) is 0 Å². The highest BCUT2D eigenvalue weighted by Crippen LogP contribution is 2.36. The lowest BCUT2D eigenvalue weighted by Crippen LogP contribution is -2.31. The Labute approximate surface area is 145 Å². The smallest absolute Gasteiger partial charge is 0.320 e. The van der Waals surface area contributed by atoms with E-state index >= 15 is 0 Å². The van der Waals surface area contributed by atoms with Gasteiger partial charge in [-0.05, 0) is 24.8 Å². The van der Waals surface area contributed by atoms with Crippen LogP contribution in [0.5, 0.6) is 0 Å². The Kier molecular flexibility index (Phi) is 4.97. The average molecular weight is 343 g/mol. The second-order valence-electron chi connectivity index (χ2n) is 6.26. The lowest BCUT2D eigenvalue weighted by Gasteiger charge is -2.22. The highest BCUT2D eigenvalue weighted by molar-refractivity contribution is 5.88. The van der Waals surface area contributed by atoms with E-state index in [2.05, 4.69) is 15.7 Å². The monoisotopic (exact) mass is 343 g/mol. The maximum Gasteiger partial charge on any atom is 0.320 e. The molecule has 0 aliphatic heterocycles. The fourth-order valence-electron chi connectivity index (χ4n) is 2.82. The van der Waals surface area contributed by atoms with E-state index in [0.717, 1.165) is 24.1 Å². The van der Waals surface area contributed by atoms with Crippen molar-refractivity contribution in [1.82, 2.24) is 15.1 Å². The molecule has 2 amide bonds. The number of nitrogens with one attached hydrogen (secondary N) is 2. The third kappa shape index (κ3) is 4.14. The predicted molar refractivity (Wildman–Crippen MR) is 93.6 cm³/mol. The largest absolute Gasteiger partial charge is 0.337 e. The predicted octanol–water partition coefficient (Wildman–Crippen LogP) is 2.96. The van der Waals surface area contributed by atoms with Gasteiger partial charge in [0.1, 0.15) is 5.82 Å². The zero-order chi connectivity index (χ0) is 17.8. The number of nitrogens with zero attached hydrogens (tertiary/aromatic N) is 3. The highest BCUT2D eigenvalue weighted by Gasteiger charge is 2.23. The molecule has 132 valence electrons. The Balaban J connectivity index is 1.49. The van der Waals surface area contributed by atoms with Gasteiger partial charge in [0.2, 0.25) is 0 Å². The van der Waals surface area contributed by atoms with Gasteiger partial charge in [-0.25, -0.2) is 4.79 Å². The maximum absolute atomic E-state index is 12.0. The lowest BCUT2D eigenvalue weighted by atomic mass is 9.83. The first-order chi connectivity index (χ1) is 12.0. The molecule has 2 N–H and O–H groups in total. The third-order valence-electron chi connectivity index (χ3n) is 4.48. The zero-order valence-corrected chi connectivity index (χ0v) is 14.1. The van der Waals surface area contributed by atoms with Gasteiger partial charge in [0.25, 0.3) is 5.69 Å². The molecule has 0 atom stereocenters. The minimum atomic E-state index is -0.425. The van der Waals surface area contributed by atoms with Gasteiger partial charge in [0.15, 0.2) is 0 Å².